The van der Waals surface area contributed by atoms with Crippen molar-refractivity contribution in [1.29, 1.82) is 0 Å². The van der Waals surface area contributed by atoms with Gasteiger partial charge in [0.05, 0.1) is 21.3 Å². The van der Waals surface area contributed by atoms with Gasteiger partial charge in [-0.25, -0.2) is 9.59 Å². The molecule has 1 fully saturated rings. The van der Waals surface area contributed by atoms with E-state index in [0.717, 1.165) is 67.8 Å². The van der Waals surface area contributed by atoms with Crippen LogP contribution in [-0.2, 0) is 29.3 Å². The number of benzene rings is 3. The fourth-order valence-corrected chi connectivity index (χ4v) is 4.27. The summed E-state index contributed by atoms with van der Waals surface area (Å²) in [6.07, 6.45) is 0. The molecule has 40 heavy (non-hydrogen) atoms. The van der Waals surface area contributed by atoms with Gasteiger partial charge in [0.15, 0.2) is 23.0 Å². The Kier molecular flexibility index (Phi) is 11.6. The average molecular weight is 553 g/mol. The van der Waals surface area contributed by atoms with Gasteiger partial charge in [0, 0.05) is 39.3 Å². The molecule has 0 radical (unpaired) electrons. The fraction of sp³-hybridized carbons (Fsp3) is 0.333. The Morgan fingerprint density at radius 3 is 1.52 bits per heavy atom. The lowest BCUT2D eigenvalue weighted by molar-refractivity contribution is -0.159. The summed E-state index contributed by atoms with van der Waals surface area (Å²) >= 11 is 0. The first-order chi connectivity index (χ1) is 19.3. The van der Waals surface area contributed by atoms with Crippen molar-refractivity contribution in [1.82, 2.24) is 9.80 Å². The van der Waals surface area contributed by atoms with E-state index in [1.165, 1.54) is 11.1 Å². The van der Waals surface area contributed by atoms with Crippen molar-refractivity contribution < 1.29 is 38.7 Å². The van der Waals surface area contributed by atoms with Gasteiger partial charge in [-0.1, -0.05) is 42.5 Å². The number of carbonyl (C=O) groups is 2. The van der Waals surface area contributed by atoms with Gasteiger partial charge in [-0.15, -0.1) is 0 Å². The number of hydrogen-bond donors (Lipinski definition) is 2. The van der Waals surface area contributed by atoms with Crippen molar-refractivity contribution in [2.75, 3.05) is 47.5 Å². The van der Waals surface area contributed by atoms with Crippen LogP contribution in [0.4, 0.5) is 0 Å². The third-order valence-corrected chi connectivity index (χ3v) is 6.37. The minimum Gasteiger partial charge on any atom is -0.493 e. The third kappa shape index (κ3) is 9.18. The summed E-state index contributed by atoms with van der Waals surface area (Å²) < 4.78 is 22.4. The molecule has 0 aliphatic carbocycles. The maximum atomic E-state index is 9.10. The molecule has 3 aromatic rings. The molecule has 2 N–H and O–H groups in total. The molecule has 0 amide bonds. The van der Waals surface area contributed by atoms with Crippen molar-refractivity contribution in [3.8, 4) is 23.0 Å². The molecule has 3 aromatic carbocycles. The highest BCUT2D eigenvalue weighted by atomic mass is 16.5. The zero-order valence-corrected chi connectivity index (χ0v) is 23.0. The summed E-state index contributed by atoms with van der Waals surface area (Å²) in [5.74, 6) is -0.550. The molecule has 0 atom stereocenters. The minimum absolute atomic E-state index is 0.523. The van der Waals surface area contributed by atoms with Crippen molar-refractivity contribution in [3.05, 3.63) is 83.4 Å². The number of aliphatic carboxylic acids is 2. The molecular formula is C30H36N2O8. The number of piperazine rings is 1. The number of methoxy groups -OCH3 is 3. The molecule has 0 spiro atoms. The Hall–Kier alpha value is -4.28. The first-order valence-electron chi connectivity index (χ1n) is 12.8. The van der Waals surface area contributed by atoms with Crippen LogP contribution >= 0.6 is 0 Å². The fourth-order valence-electron chi connectivity index (χ4n) is 4.27. The van der Waals surface area contributed by atoms with Crippen LogP contribution in [0.3, 0.4) is 0 Å². The van der Waals surface area contributed by atoms with Crippen LogP contribution in [-0.4, -0.2) is 79.5 Å². The van der Waals surface area contributed by atoms with Crippen LogP contribution in [0.2, 0.25) is 0 Å². The number of nitrogens with zero attached hydrogens (tertiary/aromatic N) is 2. The number of carboxylic acid groups (broad SMARTS) is 2. The smallest absolute Gasteiger partial charge is 0.414 e. The second-order valence-corrected chi connectivity index (χ2v) is 9.11. The van der Waals surface area contributed by atoms with E-state index < -0.39 is 11.9 Å². The Morgan fingerprint density at radius 1 is 0.625 bits per heavy atom. The van der Waals surface area contributed by atoms with E-state index in [1.54, 1.807) is 21.3 Å². The molecule has 4 rings (SSSR count). The molecule has 0 aromatic heterocycles. The van der Waals surface area contributed by atoms with E-state index in [2.05, 4.69) is 46.2 Å². The van der Waals surface area contributed by atoms with Crippen molar-refractivity contribution in [2.45, 2.75) is 19.7 Å². The average Bonchev–Trinajstić information content (AvgIpc) is 2.98. The predicted molar refractivity (Wildman–Crippen MR) is 149 cm³/mol. The lowest BCUT2D eigenvalue weighted by Gasteiger charge is -2.35. The molecule has 10 nitrogen and oxygen atoms in total. The van der Waals surface area contributed by atoms with Crippen LogP contribution in [0, 0.1) is 0 Å². The summed E-state index contributed by atoms with van der Waals surface area (Å²) in [4.78, 5) is 23.2. The Labute approximate surface area is 234 Å². The maximum absolute atomic E-state index is 9.10. The molecule has 0 bridgehead atoms. The molecule has 0 saturated carbocycles. The topological polar surface area (TPSA) is 118 Å². The second-order valence-electron chi connectivity index (χ2n) is 9.11. The summed E-state index contributed by atoms with van der Waals surface area (Å²) in [7, 11) is 5.03. The lowest BCUT2D eigenvalue weighted by atomic mass is 10.1. The van der Waals surface area contributed by atoms with E-state index in [9.17, 15) is 0 Å². The molecule has 0 unspecified atom stereocenters. The molecule has 10 heteroatoms. The molecule has 214 valence electrons. The summed E-state index contributed by atoms with van der Waals surface area (Å²) in [6, 6.07) is 22.6. The summed E-state index contributed by atoms with van der Waals surface area (Å²) in [5, 5.41) is 14.8. The van der Waals surface area contributed by atoms with E-state index in [4.69, 9.17) is 38.7 Å². The number of carboxylic acids is 2. The van der Waals surface area contributed by atoms with Crippen molar-refractivity contribution in [2.24, 2.45) is 0 Å². The van der Waals surface area contributed by atoms with E-state index >= 15 is 0 Å². The van der Waals surface area contributed by atoms with E-state index in [-0.39, 0.29) is 0 Å². The number of rotatable bonds is 10. The highest BCUT2D eigenvalue weighted by Gasteiger charge is 2.18. The number of ether oxygens (including phenoxy) is 4. The highest BCUT2D eigenvalue weighted by Crippen LogP contribution is 2.30. The van der Waals surface area contributed by atoms with Gasteiger partial charge in [-0.05, 0) is 41.0 Å². The highest BCUT2D eigenvalue weighted by molar-refractivity contribution is 6.27. The zero-order chi connectivity index (χ0) is 28.9. The lowest BCUT2D eigenvalue weighted by Crippen LogP contribution is -2.45. The van der Waals surface area contributed by atoms with Crippen LogP contribution < -0.4 is 18.9 Å². The first kappa shape index (κ1) is 30.3. The molecule has 1 aliphatic rings. The quantitative estimate of drug-likeness (QED) is 0.360. The zero-order valence-electron chi connectivity index (χ0n) is 23.0. The minimum atomic E-state index is -1.82. The van der Waals surface area contributed by atoms with Gasteiger partial charge in [0.25, 0.3) is 0 Å². The molecule has 1 heterocycles. The van der Waals surface area contributed by atoms with Crippen LogP contribution in [0.5, 0.6) is 23.0 Å². The van der Waals surface area contributed by atoms with E-state index in [0.29, 0.717) is 6.61 Å². The third-order valence-electron chi connectivity index (χ3n) is 6.37. The number of hydrogen-bond acceptors (Lipinski definition) is 8. The molecule has 1 saturated heterocycles. The van der Waals surface area contributed by atoms with E-state index in [1.807, 2.05) is 30.3 Å². The maximum Gasteiger partial charge on any atom is 0.414 e. The van der Waals surface area contributed by atoms with Gasteiger partial charge < -0.3 is 29.2 Å². The summed E-state index contributed by atoms with van der Waals surface area (Å²) in [6.45, 7) is 6.45. The Balaban J connectivity index is 0.000000663. The van der Waals surface area contributed by atoms with Crippen molar-refractivity contribution in [3.63, 3.8) is 0 Å². The van der Waals surface area contributed by atoms with Gasteiger partial charge in [0.2, 0.25) is 0 Å². The predicted octanol–water partition coefficient (Wildman–Crippen LogP) is 3.76. The standard InChI is InChI=1S/C28H34N2O4.C2H2O4/c1-31-25-11-9-23(17-27(25)33-3)19-29-13-15-30(16-14-29)20-24-10-12-26(32-2)28(18-24)34-21-22-7-5-4-6-8-22;3-1(4)2(5)6/h4-12,17-18H,13-16,19-21H2,1-3H3;(H,3,4)(H,5,6). The largest absolute Gasteiger partial charge is 0.493 e. The van der Waals surface area contributed by atoms with Crippen LogP contribution in [0.1, 0.15) is 16.7 Å². The monoisotopic (exact) mass is 552 g/mol. The van der Waals surface area contributed by atoms with Crippen LogP contribution in [0.25, 0.3) is 0 Å². The van der Waals surface area contributed by atoms with Gasteiger partial charge in [0.1, 0.15) is 6.61 Å². The summed E-state index contributed by atoms with van der Waals surface area (Å²) in [5.41, 5.74) is 3.61. The second kappa shape index (κ2) is 15.3. The SMILES string of the molecule is COc1ccc(CN2CCN(Cc3ccc(OC)c(OCc4ccccc4)c3)CC2)cc1OC.O=C(O)C(=O)O. The van der Waals surface area contributed by atoms with Crippen molar-refractivity contribution >= 4 is 11.9 Å². The van der Waals surface area contributed by atoms with Gasteiger partial charge in [-0.3, -0.25) is 9.80 Å². The first-order valence-corrected chi connectivity index (χ1v) is 12.8. The molecule has 1 aliphatic heterocycles. The normalized spacial score (nSPS) is 13.5. The Morgan fingerprint density at radius 2 is 1.07 bits per heavy atom. The van der Waals surface area contributed by atoms with Gasteiger partial charge >= 0.3 is 11.9 Å². The van der Waals surface area contributed by atoms with Gasteiger partial charge in [-0.2, -0.15) is 0 Å². The van der Waals surface area contributed by atoms with Crippen LogP contribution in [0.15, 0.2) is 66.7 Å². The molecular weight excluding hydrogens is 516 g/mol. The Bertz CT molecular complexity index is 1230.